The largest absolute Gasteiger partial charge is 0.384 e. The summed E-state index contributed by atoms with van der Waals surface area (Å²) in [5, 5.41) is 7.84. The van der Waals surface area contributed by atoms with Crippen molar-refractivity contribution in [2.45, 2.75) is 41.0 Å². The molecule has 0 bridgehead atoms. The van der Waals surface area contributed by atoms with E-state index in [-0.39, 0.29) is 5.84 Å². The van der Waals surface area contributed by atoms with E-state index in [4.69, 9.17) is 11.1 Å². The Labute approximate surface area is 121 Å². The number of nitrogens with one attached hydrogen (secondary N) is 1. The number of amidine groups is 1. The third kappa shape index (κ3) is 2.79. The summed E-state index contributed by atoms with van der Waals surface area (Å²) in [6.45, 7) is 12.9. The molecule has 0 aromatic carbocycles. The van der Waals surface area contributed by atoms with Crippen LogP contribution in [0, 0.1) is 30.6 Å². The number of nitrogens with zero attached hydrogens (tertiary/aromatic N) is 2. The zero-order valence-electron chi connectivity index (χ0n) is 13.2. The van der Waals surface area contributed by atoms with E-state index >= 15 is 0 Å². The highest BCUT2D eigenvalue weighted by molar-refractivity contribution is 6.01. The number of hydrogen-bond acceptors (Lipinski definition) is 3. The minimum Gasteiger partial charge on any atom is -0.384 e. The summed E-state index contributed by atoms with van der Waals surface area (Å²) >= 11 is 0. The molecule has 1 aliphatic rings. The second-order valence-corrected chi connectivity index (χ2v) is 6.95. The molecule has 4 heteroatoms. The van der Waals surface area contributed by atoms with Crippen LogP contribution in [0.15, 0.2) is 6.07 Å². The normalized spacial score (nSPS) is 19.4. The topological polar surface area (TPSA) is 66.0 Å². The van der Waals surface area contributed by atoms with Crippen molar-refractivity contribution in [3.8, 4) is 0 Å². The van der Waals surface area contributed by atoms with Crippen LogP contribution in [0.1, 0.15) is 44.1 Å². The standard InChI is InChI=1S/C16H26N4/c1-10-8-13(14(15(17)18)11(2)19-10)20-7-6-12(9-20)16(3,4)5/h8,12H,6-7,9H2,1-5H3,(H3,17,18). The molecule has 0 amide bonds. The molecule has 0 radical (unpaired) electrons. The zero-order chi connectivity index (χ0) is 15.1. The molecule has 2 rings (SSSR count). The van der Waals surface area contributed by atoms with Crippen LogP contribution >= 0.6 is 0 Å². The summed E-state index contributed by atoms with van der Waals surface area (Å²) in [5.74, 6) is 0.792. The maximum Gasteiger partial charge on any atom is 0.126 e. The van der Waals surface area contributed by atoms with Gasteiger partial charge in [-0.2, -0.15) is 0 Å². The SMILES string of the molecule is Cc1cc(N2CCC(C(C)(C)C)C2)c(C(=N)N)c(C)n1. The second kappa shape index (κ2) is 5.08. The first-order valence-corrected chi connectivity index (χ1v) is 7.27. The lowest BCUT2D eigenvalue weighted by Crippen LogP contribution is -2.28. The number of nitrogens with two attached hydrogens (primary N) is 1. The van der Waals surface area contributed by atoms with E-state index in [1.165, 1.54) is 6.42 Å². The van der Waals surface area contributed by atoms with Gasteiger partial charge in [-0.15, -0.1) is 0 Å². The van der Waals surface area contributed by atoms with Gasteiger partial charge >= 0.3 is 0 Å². The fraction of sp³-hybridized carbons (Fsp3) is 0.625. The highest BCUT2D eigenvalue weighted by atomic mass is 15.2. The van der Waals surface area contributed by atoms with Crippen LogP contribution in [0.2, 0.25) is 0 Å². The molecule has 20 heavy (non-hydrogen) atoms. The molecule has 110 valence electrons. The highest BCUT2D eigenvalue weighted by Crippen LogP contribution is 2.37. The van der Waals surface area contributed by atoms with Gasteiger partial charge in [-0.25, -0.2) is 0 Å². The number of nitrogen functional groups attached to an aromatic ring is 1. The molecule has 1 aliphatic heterocycles. The third-order valence-electron chi connectivity index (χ3n) is 4.33. The summed E-state index contributed by atoms with van der Waals surface area (Å²) in [4.78, 5) is 6.82. The lowest BCUT2D eigenvalue weighted by molar-refractivity contribution is 0.263. The quantitative estimate of drug-likeness (QED) is 0.644. The lowest BCUT2D eigenvalue weighted by Gasteiger charge is -2.28. The van der Waals surface area contributed by atoms with Gasteiger partial charge in [-0.05, 0) is 37.7 Å². The minimum atomic E-state index is 0.115. The molecule has 1 aromatic rings. The molecule has 0 aliphatic carbocycles. The van der Waals surface area contributed by atoms with Gasteiger partial charge in [-0.3, -0.25) is 10.4 Å². The molecular formula is C16H26N4. The Morgan fingerprint density at radius 2 is 2.05 bits per heavy atom. The van der Waals surface area contributed by atoms with Crippen LogP contribution in [-0.4, -0.2) is 23.9 Å². The Balaban J connectivity index is 2.37. The second-order valence-electron chi connectivity index (χ2n) is 6.95. The van der Waals surface area contributed by atoms with Gasteiger partial charge in [0, 0.05) is 18.8 Å². The Morgan fingerprint density at radius 3 is 2.55 bits per heavy atom. The fourth-order valence-corrected chi connectivity index (χ4v) is 3.08. The van der Waals surface area contributed by atoms with Crippen molar-refractivity contribution >= 4 is 11.5 Å². The maximum atomic E-state index is 7.84. The van der Waals surface area contributed by atoms with Crippen molar-refractivity contribution in [2.75, 3.05) is 18.0 Å². The monoisotopic (exact) mass is 274 g/mol. The maximum absolute atomic E-state index is 7.84. The fourth-order valence-electron chi connectivity index (χ4n) is 3.08. The Kier molecular flexibility index (Phi) is 3.76. The van der Waals surface area contributed by atoms with E-state index in [0.717, 1.165) is 35.7 Å². The van der Waals surface area contributed by atoms with Gasteiger partial charge in [-0.1, -0.05) is 20.8 Å². The van der Waals surface area contributed by atoms with Crippen LogP contribution in [0.4, 0.5) is 5.69 Å². The molecule has 2 heterocycles. The number of aromatic nitrogens is 1. The smallest absolute Gasteiger partial charge is 0.126 e. The van der Waals surface area contributed by atoms with Gasteiger partial charge in [0.1, 0.15) is 5.84 Å². The first kappa shape index (κ1) is 14.8. The molecule has 1 atom stereocenters. The van der Waals surface area contributed by atoms with Crippen molar-refractivity contribution in [1.29, 1.82) is 5.41 Å². The Morgan fingerprint density at radius 1 is 1.40 bits per heavy atom. The molecule has 1 aromatic heterocycles. The minimum absolute atomic E-state index is 0.115. The van der Waals surface area contributed by atoms with Gasteiger partial charge in [0.15, 0.2) is 0 Å². The third-order valence-corrected chi connectivity index (χ3v) is 4.33. The summed E-state index contributed by atoms with van der Waals surface area (Å²) < 4.78 is 0. The Hall–Kier alpha value is -1.58. The van der Waals surface area contributed by atoms with Crippen molar-refractivity contribution in [1.82, 2.24) is 4.98 Å². The number of hydrogen-bond donors (Lipinski definition) is 2. The summed E-state index contributed by atoms with van der Waals surface area (Å²) in [7, 11) is 0. The van der Waals surface area contributed by atoms with Crippen molar-refractivity contribution in [3.05, 3.63) is 23.0 Å². The molecule has 1 saturated heterocycles. The summed E-state index contributed by atoms with van der Waals surface area (Å²) in [6.07, 6.45) is 1.20. The van der Waals surface area contributed by atoms with E-state index < -0.39 is 0 Å². The average molecular weight is 274 g/mol. The average Bonchev–Trinajstić information content (AvgIpc) is 2.75. The molecular weight excluding hydrogens is 248 g/mol. The van der Waals surface area contributed by atoms with E-state index in [2.05, 4.69) is 36.7 Å². The van der Waals surface area contributed by atoms with Gasteiger partial charge in [0.2, 0.25) is 0 Å². The number of rotatable bonds is 2. The van der Waals surface area contributed by atoms with Crippen molar-refractivity contribution in [3.63, 3.8) is 0 Å². The molecule has 1 fully saturated rings. The first-order valence-electron chi connectivity index (χ1n) is 7.27. The first-order chi connectivity index (χ1) is 9.20. The predicted octanol–water partition coefficient (Wildman–Crippen LogP) is 2.85. The number of anilines is 1. The number of pyridine rings is 1. The van der Waals surface area contributed by atoms with Crippen molar-refractivity contribution in [2.24, 2.45) is 17.1 Å². The van der Waals surface area contributed by atoms with Gasteiger partial charge in [0.25, 0.3) is 0 Å². The Bertz CT molecular complexity index is 528. The molecule has 0 saturated carbocycles. The van der Waals surface area contributed by atoms with Crippen LogP contribution in [0.5, 0.6) is 0 Å². The number of aryl methyl sites for hydroxylation is 2. The van der Waals surface area contributed by atoms with E-state index in [1.807, 2.05) is 13.8 Å². The predicted molar refractivity (Wildman–Crippen MR) is 84.5 cm³/mol. The van der Waals surface area contributed by atoms with Gasteiger partial charge in [0.05, 0.1) is 16.9 Å². The zero-order valence-corrected chi connectivity index (χ0v) is 13.2. The van der Waals surface area contributed by atoms with Crippen LogP contribution in [0.25, 0.3) is 0 Å². The molecule has 4 nitrogen and oxygen atoms in total. The summed E-state index contributed by atoms with van der Waals surface area (Å²) in [5.41, 5.74) is 9.81. The van der Waals surface area contributed by atoms with E-state index in [1.54, 1.807) is 0 Å². The van der Waals surface area contributed by atoms with Crippen LogP contribution < -0.4 is 10.6 Å². The summed E-state index contributed by atoms with van der Waals surface area (Å²) in [6, 6.07) is 2.06. The molecule has 3 N–H and O–H groups in total. The van der Waals surface area contributed by atoms with Crippen molar-refractivity contribution < 1.29 is 0 Å². The molecule has 0 spiro atoms. The van der Waals surface area contributed by atoms with Crippen LogP contribution in [0.3, 0.4) is 0 Å². The lowest BCUT2D eigenvalue weighted by atomic mass is 9.80. The molecule has 1 unspecified atom stereocenters. The highest BCUT2D eigenvalue weighted by Gasteiger charge is 2.33. The van der Waals surface area contributed by atoms with Crippen LogP contribution in [-0.2, 0) is 0 Å². The van der Waals surface area contributed by atoms with Gasteiger partial charge < -0.3 is 10.6 Å². The van der Waals surface area contributed by atoms with E-state index in [0.29, 0.717) is 11.3 Å². The van der Waals surface area contributed by atoms with E-state index in [9.17, 15) is 0 Å².